The molecule has 2 heterocycles. The summed E-state index contributed by atoms with van der Waals surface area (Å²) in [5.74, 6) is 0.863. The molecule has 80 valence electrons. The quantitative estimate of drug-likeness (QED) is 0.930. The fourth-order valence-electron chi connectivity index (χ4n) is 1.46. The van der Waals surface area contributed by atoms with Crippen LogP contribution >= 0.6 is 15.9 Å². The maximum absolute atomic E-state index is 5.85. The van der Waals surface area contributed by atoms with Gasteiger partial charge >= 0.3 is 0 Å². The Kier molecular flexibility index (Phi) is 2.90. The van der Waals surface area contributed by atoms with E-state index >= 15 is 0 Å². The molecule has 15 heavy (non-hydrogen) atoms. The highest BCUT2D eigenvalue weighted by Crippen LogP contribution is 2.18. The maximum atomic E-state index is 5.85. The van der Waals surface area contributed by atoms with Crippen molar-refractivity contribution in [2.24, 2.45) is 0 Å². The summed E-state index contributed by atoms with van der Waals surface area (Å²) in [5, 5.41) is 4.37. The largest absolute Gasteiger partial charge is 0.396 e. The van der Waals surface area contributed by atoms with Crippen molar-refractivity contribution in [3.63, 3.8) is 0 Å². The van der Waals surface area contributed by atoms with Crippen molar-refractivity contribution in [3.8, 4) is 0 Å². The van der Waals surface area contributed by atoms with E-state index in [9.17, 15) is 0 Å². The van der Waals surface area contributed by atoms with Crippen molar-refractivity contribution in [3.05, 3.63) is 22.6 Å². The first kappa shape index (κ1) is 10.4. The molecule has 2 N–H and O–H groups in total. The van der Waals surface area contributed by atoms with Crippen LogP contribution in [0.1, 0.15) is 25.6 Å². The number of hydrogen-bond donors (Lipinski definition) is 1. The normalized spacial score (nSPS) is 11.1. The van der Waals surface area contributed by atoms with Gasteiger partial charge in [0.1, 0.15) is 0 Å². The van der Waals surface area contributed by atoms with Crippen LogP contribution in [0.4, 0.5) is 5.69 Å². The molecule has 0 aliphatic rings. The van der Waals surface area contributed by atoms with Crippen LogP contribution in [0.15, 0.2) is 16.7 Å². The molecule has 0 radical (unpaired) electrons. The van der Waals surface area contributed by atoms with Crippen molar-refractivity contribution >= 4 is 27.3 Å². The minimum Gasteiger partial charge on any atom is -0.396 e. The Balaban J connectivity index is 2.41. The summed E-state index contributed by atoms with van der Waals surface area (Å²) in [4.78, 5) is 4.40. The summed E-state index contributed by atoms with van der Waals surface area (Å²) < 4.78 is 2.64. The molecule has 0 bridgehead atoms. The molecule has 0 aromatic carbocycles. The number of nitrogens with zero attached hydrogens (tertiary/aromatic N) is 3. The molecular formula is C10H13BrN4. The van der Waals surface area contributed by atoms with Gasteiger partial charge in [-0.15, -0.1) is 0 Å². The molecule has 0 fully saturated rings. The first-order valence-electron chi connectivity index (χ1n) is 5.01. The highest BCUT2D eigenvalue weighted by Gasteiger charge is 2.06. The van der Waals surface area contributed by atoms with Crippen molar-refractivity contribution in [1.82, 2.24) is 14.6 Å². The van der Waals surface area contributed by atoms with Gasteiger partial charge in [0.15, 0.2) is 11.5 Å². The number of aryl methyl sites for hydroxylation is 1. The molecule has 0 aliphatic heterocycles. The SMILES string of the molecule is CCCCc1nc2c(N)cc(Br)cn2n1. The minimum atomic E-state index is 0.652. The van der Waals surface area contributed by atoms with Crippen LogP contribution in [0.2, 0.25) is 0 Å². The van der Waals surface area contributed by atoms with Crippen LogP contribution in [0.3, 0.4) is 0 Å². The molecule has 2 rings (SSSR count). The van der Waals surface area contributed by atoms with E-state index in [-0.39, 0.29) is 0 Å². The summed E-state index contributed by atoms with van der Waals surface area (Å²) in [5.41, 5.74) is 7.24. The average Bonchev–Trinajstić information content (AvgIpc) is 2.57. The molecule has 4 nitrogen and oxygen atoms in total. The Hall–Kier alpha value is -1.10. The fourth-order valence-corrected chi connectivity index (χ4v) is 1.90. The number of nitrogens with two attached hydrogens (primary N) is 1. The highest BCUT2D eigenvalue weighted by molar-refractivity contribution is 9.10. The first-order valence-corrected chi connectivity index (χ1v) is 5.80. The summed E-state index contributed by atoms with van der Waals surface area (Å²) in [6.07, 6.45) is 5.04. The number of hydrogen-bond acceptors (Lipinski definition) is 3. The molecule has 2 aromatic heterocycles. The van der Waals surface area contributed by atoms with Crippen molar-refractivity contribution in [1.29, 1.82) is 0 Å². The molecule has 0 atom stereocenters. The number of fused-ring (bicyclic) bond motifs is 1. The summed E-state index contributed by atoms with van der Waals surface area (Å²) in [6, 6.07) is 1.84. The van der Waals surface area contributed by atoms with Crippen molar-refractivity contribution in [2.75, 3.05) is 5.73 Å². The predicted molar refractivity (Wildman–Crippen MR) is 63.7 cm³/mol. The average molecular weight is 269 g/mol. The molecular weight excluding hydrogens is 256 g/mol. The third-order valence-electron chi connectivity index (χ3n) is 2.23. The molecule has 0 saturated heterocycles. The van der Waals surface area contributed by atoms with Gasteiger partial charge in [0.2, 0.25) is 0 Å². The number of aromatic nitrogens is 3. The van der Waals surface area contributed by atoms with Gasteiger partial charge < -0.3 is 5.73 Å². The second-order valence-electron chi connectivity index (χ2n) is 3.51. The van der Waals surface area contributed by atoms with Gasteiger partial charge in [-0.2, -0.15) is 5.10 Å². The summed E-state index contributed by atoms with van der Waals surface area (Å²) in [6.45, 7) is 2.15. The zero-order chi connectivity index (χ0) is 10.8. The number of pyridine rings is 1. The molecule has 0 spiro atoms. The minimum absolute atomic E-state index is 0.652. The van der Waals surface area contributed by atoms with Crippen molar-refractivity contribution < 1.29 is 0 Å². The van der Waals surface area contributed by atoms with Crippen LogP contribution in [-0.2, 0) is 6.42 Å². The topological polar surface area (TPSA) is 56.2 Å². The van der Waals surface area contributed by atoms with Gasteiger partial charge in [-0.05, 0) is 28.4 Å². The standard InChI is InChI=1S/C10H13BrN4/c1-2-3-4-9-13-10-8(12)5-7(11)6-15(10)14-9/h5-6H,2-4,12H2,1H3. The van der Waals surface area contributed by atoms with Gasteiger partial charge in [-0.1, -0.05) is 13.3 Å². The van der Waals surface area contributed by atoms with E-state index in [1.807, 2.05) is 12.3 Å². The highest BCUT2D eigenvalue weighted by atomic mass is 79.9. The number of rotatable bonds is 3. The zero-order valence-corrected chi connectivity index (χ0v) is 10.2. The molecule has 0 saturated carbocycles. The van der Waals surface area contributed by atoms with Gasteiger partial charge in [-0.3, -0.25) is 0 Å². The zero-order valence-electron chi connectivity index (χ0n) is 8.57. The lowest BCUT2D eigenvalue weighted by atomic mass is 10.2. The number of halogens is 1. The third kappa shape index (κ3) is 2.12. The predicted octanol–water partition coefficient (Wildman–Crippen LogP) is 2.42. The van der Waals surface area contributed by atoms with E-state index in [0.29, 0.717) is 5.69 Å². The monoisotopic (exact) mass is 268 g/mol. The molecule has 0 aliphatic carbocycles. The Morgan fingerprint density at radius 3 is 3.07 bits per heavy atom. The van der Waals surface area contributed by atoms with Gasteiger partial charge in [0.05, 0.1) is 5.69 Å². The molecule has 0 amide bonds. The van der Waals surface area contributed by atoms with E-state index in [4.69, 9.17) is 5.73 Å². The Morgan fingerprint density at radius 1 is 1.53 bits per heavy atom. The van der Waals surface area contributed by atoms with Gasteiger partial charge in [-0.25, -0.2) is 9.50 Å². The molecule has 2 aromatic rings. The van der Waals surface area contributed by atoms with E-state index in [1.165, 1.54) is 0 Å². The summed E-state index contributed by atoms with van der Waals surface area (Å²) in [7, 11) is 0. The Labute approximate surface area is 96.6 Å². The van der Waals surface area contributed by atoms with E-state index in [1.54, 1.807) is 4.52 Å². The smallest absolute Gasteiger partial charge is 0.178 e. The molecule has 0 unspecified atom stereocenters. The van der Waals surface area contributed by atoms with Crippen LogP contribution in [0.25, 0.3) is 5.65 Å². The summed E-state index contributed by atoms with van der Waals surface area (Å²) >= 11 is 3.38. The van der Waals surface area contributed by atoms with Crippen LogP contribution in [0, 0.1) is 0 Å². The maximum Gasteiger partial charge on any atom is 0.178 e. The Bertz CT molecular complexity index is 477. The van der Waals surface area contributed by atoms with E-state index < -0.39 is 0 Å². The number of anilines is 1. The fraction of sp³-hybridized carbons (Fsp3) is 0.400. The van der Waals surface area contributed by atoms with Gasteiger partial charge in [0, 0.05) is 17.1 Å². The van der Waals surface area contributed by atoms with Crippen LogP contribution in [0.5, 0.6) is 0 Å². The Morgan fingerprint density at radius 2 is 2.33 bits per heavy atom. The molecule has 5 heteroatoms. The number of unbranched alkanes of at least 4 members (excludes halogenated alkanes) is 1. The number of nitrogen functional groups attached to an aromatic ring is 1. The van der Waals surface area contributed by atoms with Crippen molar-refractivity contribution in [2.45, 2.75) is 26.2 Å². The second-order valence-corrected chi connectivity index (χ2v) is 4.43. The lowest BCUT2D eigenvalue weighted by Gasteiger charge is -1.96. The first-order chi connectivity index (χ1) is 7.20. The van der Waals surface area contributed by atoms with Gasteiger partial charge in [0.25, 0.3) is 0 Å². The second kappa shape index (κ2) is 4.18. The lowest BCUT2D eigenvalue weighted by Crippen LogP contribution is -1.93. The van der Waals surface area contributed by atoms with Crippen LogP contribution in [-0.4, -0.2) is 14.6 Å². The van der Waals surface area contributed by atoms with E-state index in [2.05, 4.69) is 32.9 Å². The lowest BCUT2D eigenvalue weighted by molar-refractivity contribution is 0.748. The van der Waals surface area contributed by atoms with E-state index in [0.717, 1.165) is 35.2 Å². The third-order valence-corrected chi connectivity index (χ3v) is 2.66. The van der Waals surface area contributed by atoms with Crippen LogP contribution < -0.4 is 5.73 Å².